The van der Waals surface area contributed by atoms with E-state index < -0.39 is 10.0 Å². The van der Waals surface area contributed by atoms with Crippen molar-refractivity contribution < 1.29 is 14.6 Å². The Hall–Kier alpha value is -2.75. The summed E-state index contributed by atoms with van der Waals surface area (Å²) in [5.74, 6) is 0.00342. The maximum atomic E-state index is 12.6. The molecule has 2 aromatic carbocycles. The maximum Gasteiger partial charge on any atom is 0.263 e. The van der Waals surface area contributed by atoms with E-state index in [2.05, 4.69) is 26.7 Å². The summed E-state index contributed by atoms with van der Waals surface area (Å²) in [7, 11) is -3.70. The highest BCUT2D eigenvalue weighted by molar-refractivity contribution is 7.93. The van der Waals surface area contributed by atoms with Crippen LogP contribution in [0.5, 0.6) is 0 Å². The number of nitrogens with one attached hydrogen (secondary N) is 1. The van der Waals surface area contributed by atoms with Crippen molar-refractivity contribution >= 4 is 38.1 Å². The Morgan fingerprint density at radius 3 is 2.48 bits per heavy atom. The van der Waals surface area contributed by atoms with E-state index in [-0.39, 0.29) is 12.2 Å². The van der Waals surface area contributed by atoms with Crippen LogP contribution >= 0.6 is 11.3 Å². The lowest BCUT2D eigenvalue weighted by Crippen LogP contribution is -2.50. The predicted molar refractivity (Wildman–Crippen MR) is 116 cm³/mol. The second kappa shape index (κ2) is 8.32. The number of nitrogens with zero attached hydrogens (tertiary/aromatic N) is 3. The van der Waals surface area contributed by atoms with Gasteiger partial charge in [-0.1, -0.05) is 30.3 Å². The first-order valence-electron chi connectivity index (χ1n) is 9.10. The van der Waals surface area contributed by atoms with Gasteiger partial charge in [0.1, 0.15) is 0 Å². The first-order valence-corrected chi connectivity index (χ1v) is 11.5. The van der Waals surface area contributed by atoms with Crippen LogP contribution in [0.2, 0.25) is 0 Å². The predicted octanol–water partition coefficient (Wildman–Crippen LogP) is 3.04. The Bertz CT molecular complexity index is 1080. The molecule has 1 N–H and O–H groups in total. The number of aromatic nitrogens is 1. The molecule has 0 radical (unpaired) electrons. The van der Waals surface area contributed by atoms with Crippen molar-refractivity contribution in [1.82, 2.24) is 9.88 Å². The van der Waals surface area contributed by atoms with Gasteiger partial charge in [0.2, 0.25) is 5.91 Å². The van der Waals surface area contributed by atoms with Crippen LogP contribution < -0.4 is 9.62 Å². The van der Waals surface area contributed by atoms with Gasteiger partial charge >= 0.3 is 0 Å². The number of hydrogen-bond donors (Lipinski definition) is 1. The number of piperazine rings is 1. The zero-order valence-corrected chi connectivity index (χ0v) is 17.2. The maximum absolute atomic E-state index is 12.6. The number of carbonyl (C=O) groups excluding carboxylic acids is 1. The van der Waals surface area contributed by atoms with Crippen LogP contribution in [0.25, 0.3) is 0 Å². The summed E-state index contributed by atoms with van der Waals surface area (Å²) in [5.41, 5.74) is 1.87. The number of amides is 1. The number of sulfonamides is 1. The fourth-order valence-corrected chi connectivity index (χ4v) is 5.01. The summed E-state index contributed by atoms with van der Waals surface area (Å²) >= 11 is 1.21. The van der Waals surface area contributed by atoms with Gasteiger partial charge < -0.3 is 4.90 Å². The van der Waals surface area contributed by atoms with Crippen LogP contribution in [0.1, 0.15) is 6.99 Å². The van der Waals surface area contributed by atoms with Gasteiger partial charge in [-0.25, -0.2) is 13.4 Å². The van der Waals surface area contributed by atoms with Gasteiger partial charge in [-0.3, -0.25) is 14.4 Å². The molecular weight excluding hydrogens is 408 g/mol. The van der Waals surface area contributed by atoms with Crippen molar-refractivity contribution in [3.05, 3.63) is 71.7 Å². The minimum Gasteiger partial charge on any atom is -0.310 e. The van der Waals surface area contributed by atoms with E-state index in [4.69, 9.17) is 0 Å². The summed E-state index contributed by atoms with van der Waals surface area (Å²) < 4.78 is 27.3. The quantitative estimate of drug-likeness (QED) is 0.650. The molecule has 0 aliphatic carbocycles. The fourth-order valence-electron chi connectivity index (χ4n) is 3.22. The molecule has 1 saturated heterocycles. The van der Waals surface area contributed by atoms with Crippen LogP contribution in [-0.4, -0.2) is 43.8 Å². The molecule has 1 aromatic heterocycles. The Kier molecular flexibility index (Phi) is 5.61. The number of anilines is 2. The minimum atomic E-state index is -3.70. The third kappa shape index (κ3) is 4.64. The van der Waals surface area contributed by atoms with Crippen molar-refractivity contribution in [1.29, 1.82) is 0 Å². The number of thiazole rings is 1. The SMILES string of the molecule is O=C1CN(Cc2ccccc2)CCN1c1ccc(S(=O)(=O)Nc2nccs2)cc1.[HH]. The van der Waals surface area contributed by atoms with Crippen LogP contribution in [0.15, 0.2) is 71.1 Å². The minimum absolute atomic E-state index is 0. The molecule has 0 saturated carbocycles. The lowest BCUT2D eigenvalue weighted by Gasteiger charge is -2.34. The Balaban J connectivity index is 0.00000256. The summed E-state index contributed by atoms with van der Waals surface area (Å²) in [6, 6.07) is 16.4. The molecule has 1 aliphatic heterocycles. The smallest absolute Gasteiger partial charge is 0.263 e. The first-order chi connectivity index (χ1) is 14.0. The lowest BCUT2D eigenvalue weighted by atomic mass is 10.2. The van der Waals surface area contributed by atoms with E-state index in [1.165, 1.54) is 35.2 Å². The van der Waals surface area contributed by atoms with Crippen LogP contribution in [-0.2, 0) is 21.4 Å². The molecule has 9 heteroatoms. The molecule has 152 valence electrons. The average Bonchev–Trinajstić information content (AvgIpc) is 3.21. The molecule has 1 amide bonds. The third-order valence-corrected chi connectivity index (χ3v) is 6.83. The molecule has 29 heavy (non-hydrogen) atoms. The van der Waals surface area contributed by atoms with Gasteiger partial charge in [0.25, 0.3) is 10.0 Å². The lowest BCUT2D eigenvalue weighted by molar-refractivity contribution is -0.121. The summed E-state index contributed by atoms with van der Waals surface area (Å²) in [4.78, 5) is 20.5. The largest absolute Gasteiger partial charge is 0.310 e. The zero-order valence-electron chi connectivity index (χ0n) is 15.6. The van der Waals surface area contributed by atoms with Crippen molar-refractivity contribution in [2.24, 2.45) is 0 Å². The van der Waals surface area contributed by atoms with Crippen molar-refractivity contribution in [2.75, 3.05) is 29.3 Å². The molecule has 3 aromatic rings. The summed E-state index contributed by atoms with van der Waals surface area (Å²) in [5, 5.41) is 2.02. The van der Waals surface area contributed by atoms with Crippen molar-refractivity contribution in [2.45, 2.75) is 11.4 Å². The van der Waals surface area contributed by atoms with Gasteiger partial charge in [0, 0.05) is 38.3 Å². The van der Waals surface area contributed by atoms with Gasteiger partial charge in [-0.2, -0.15) is 0 Å². The number of rotatable bonds is 6. The average molecular weight is 431 g/mol. The van der Waals surface area contributed by atoms with Crippen LogP contribution in [0.3, 0.4) is 0 Å². The second-order valence-electron chi connectivity index (χ2n) is 6.68. The molecule has 1 fully saturated rings. The number of benzene rings is 2. The van der Waals surface area contributed by atoms with E-state index in [0.717, 1.165) is 13.1 Å². The van der Waals surface area contributed by atoms with Gasteiger partial charge in [-0.15, -0.1) is 11.3 Å². The molecule has 0 unspecified atom stereocenters. The normalized spacial score (nSPS) is 15.4. The Morgan fingerprint density at radius 1 is 1.07 bits per heavy atom. The van der Waals surface area contributed by atoms with Crippen LogP contribution in [0.4, 0.5) is 10.8 Å². The van der Waals surface area contributed by atoms with E-state index in [9.17, 15) is 13.2 Å². The summed E-state index contributed by atoms with van der Waals surface area (Å²) in [6.07, 6.45) is 1.54. The van der Waals surface area contributed by atoms with Gasteiger partial charge in [0.15, 0.2) is 5.13 Å². The Labute approximate surface area is 175 Å². The highest BCUT2D eigenvalue weighted by atomic mass is 32.2. The van der Waals surface area contributed by atoms with Crippen molar-refractivity contribution in [3.63, 3.8) is 0 Å². The van der Waals surface area contributed by atoms with E-state index in [1.54, 1.807) is 22.4 Å². The number of carbonyl (C=O) groups is 1. The molecule has 2 heterocycles. The molecular formula is C20H22N4O3S2. The van der Waals surface area contributed by atoms with E-state index in [0.29, 0.717) is 23.9 Å². The molecule has 0 spiro atoms. The van der Waals surface area contributed by atoms with Crippen molar-refractivity contribution in [3.8, 4) is 0 Å². The van der Waals surface area contributed by atoms with Crippen LogP contribution in [0, 0.1) is 0 Å². The second-order valence-corrected chi connectivity index (χ2v) is 9.26. The Morgan fingerprint density at radius 2 is 1.83 bits per heavy atom. The first kappa shape index (κ1) is 19.6. The highest BCUT2D eigenvalue weighted by Crippen LogP contribution is 2.23. The standard InChI is InChI=1S/C20H20N4O3S2.H2/c25-19-15-23(14-16-4-2-1-3-5-16)11-12-24(19)17-6-8-18(9-7-17)29(26,27)22-20-21-10-13-28-20;/h1-10,13H,11-12,14-15H2,(H,21,22);1H. The van der Waals surface area contributed by atoms with Gasteiger partial charge in [0.05, 0.1) is 11.4 Å². The zero-order chi connectivity index (χ0) is 20.3. The molecule has 0 atom stereocenters. The van der Waals surface area contributed by atoms with Gasteiger partial charge in [-0.05, 0) is 29.8 Å². The molecule has 0 bridgehead atoms. The highest BCUT2D eigenvalue weighted by Gasteiger charge is 2.25. The monoisotopic (exact) mass is 430 g/mol. The van der Waals surface area contributed by atoms with E-state index in [1.807, 2.05) is 18.2 Å². The third-order valence-electron chi connectivity index (χ3n) is 4.66. The fraction of sp³-hybridized carbons (Fsp3) is 0.200. The van der Waals surface area contributed by atoms with E-state index >= 15 is 0 Å². The molecule has 7 nitrogen and oxygen atoms in total. The summed E-state index contributed by atoms with van der Waals surface area (Å²) in [6.45, 7) is 2.39. The molecule has 1 aliphatic rings. The topological polar surface area (TPSA) is 82.6 Å². The molecule has 4 rings (SSSR count). The number of hydrogen-bond acceptors (Lipinski definition) is 6.